The standard InChI is InChI=1S/C12H16N6O6S/c1-3-5-16(6-4-2)12-10(17(19)20)7-9(8-11(12)18(21)22)25(23,24)15-14-13/h7-8H,3-6H2,1-2H3. The zero-order valence-corrected chi connectivity index (χ0v) is 14.3. The van der Waals surface area contributed by atoms with Crippen LogP contribution in [0.25, 0.3) is 10.4 Å². The lowest BCUT2D eigenvalue weighted by Gasteiger charge is -2.23. The fraction of sp³-hybridized carbons (Fsp3) is 0.500. The van der Waals surface area contributed by atoms with Gasteiger partial charge >= 0.3 is 11.4 Å². The van der Waals surface area contributed by atoms with Crippen LogP contribution in [0, 0.1) is 20.2 Å². The van der Waals surface area contributed by atoms with E-state index in [0.717, 1.165) is 0 Å². The maximum Gasteiger partial charge on any atom is 0.300 e. The molecule has 1 rings (SSSR count). The van der Waals surface area contributed by atoms with E-state index in [4.69, 9.17) is 5.53 Å². The lowest BCUT2D eigenvalue weighted by atomic mass is 10.2. The van der Waals surface area contributed by atoms with Crippen LogP contribution < -0.4 is 4.90 Å². The summed E-state index contributed by atoms with van der Waals surface area (Å²) in [6.07, 6.45) is 1.15. The molecule has 0 fully saturated rings. The van der Waals surface area contributed by atoms with Gasteiger partial charge in [0, 0.05) is 34.7 Å². The Labute approximate surface area is 143 Å². The van der Waals surface area contributed by atoms with Crippen LogP contribution in [0.1, 0.15) is 26.7 Å². The van der Waals surface area contributed by atoms with Gasteiger partial charge in [-0.05, 0) is 18.4 Å². The molecule has 0 aliphatic rings. The first kappa shape index (κ1) is 20.1. The van der Waals surface area contributed by atoms with E-state index >= 15 is 0 Å². The number of nitro benzene ring substituents is 2. The molecule has 0 saturated carbocycles. The van der Waals surface area contributed by atoms with Crippen molar-refractivity contribution in [3.8, 4) is 0 Å². The zero-order chi connectivity index (χ0) is 19.2. The van der Waals surface area contributed by atoms with Gasteiger partial charge in [-0.1, -0.05) is 13.8 Å². The summed E-state index contributed by atoms with van der Waals surface area (Å²) < 4.78 is 26.2. The minimum Gasteiger partial charge on any atom is -0.360 e. The summed E-state index contributed by atoms with van der Waals surface area (Å²) in [4.78, 5) is 23.8. The summed E-state index contributed by atoms with van der Waals surface area (Å²) in [5.41, 5.74) is 6.57. The van der Waals surface area contributed by atoms with Crippen molar-refractivity contribution in [2.24, 2.45) is 4.52 Å². The highest BCUT2D eigenvalue weighted by molar-refractivity contribution is 7.90. The molecule has 12 nitrogen and oxygen atoms in total. The molecule has 0 heterocycles. The second-order valence-corrected chi connectivity index (χ2v) is 6.54. The Morgan fingerprint density at radius 3 is 1.88 bits per heavy atom. The van der Waals surface area contributed by atoms with Gasteiger partial charge in [0.1, 0.15) is 0 Å². The molecule has 0 radical (unpaired) electrons. The van der Waals surface area contributed by atoms with Crippen LogP contribution in [0.4, 0.5) is 17.1 Å². The van der Waals surface area contributed by atoms with Crippen molar-refractivity contribution in [3.63, 3.8) is 0 Å². The molecule has 0 atom stereocenters. The molecule has 0 aromatic heterocycles. The Bertz CT molecular complexity index is 791. The number of benzene rings is 1. The minimum absolute atomic E-state index is 0.265. The summed E-state index contributed by atoms with van der Waals surface area (Å²) in [5, 5.41) is 22.8. The summed E-state index contributed by atoms with van der Waals surface area (Å²) in [5.74, 6) is 0. The number of sulfonamides is 1. The molecular weight excluding hydrogens is 356 g/mol. The zero-order valence-electron chi connectivity index (χ0n) is 13.5. The van der Waals surface area contributed by atoms with Crippen molar-refractivity contribution >= 4 is 27.1 Å². The van der Waals surface area contributed by atoms with Crippen LogP contribution in [-0.4, -0.2) is 31.4 Å². The monoisotopic (exact) mass is 372 g/mol. The van der Waals surface area contributed by atoms with Crippen molar-refractivity contribution in [1.82, 2.24) is 0 Å². The third kappa shape index (κ3) is 4.55. The molecule has 0 unspecified atom stereocenters. The van der Waals surface area contributed by atoms with Gasteiger partial charge < -0.3 is 4.90 Å². The minimum atomic E-state index is -4.61. The molecule has 0 spiro atoms. The van der Waals surface area contributed by atoms with Crippen LogP contribution in [-0.2, 0) is 10.0 Å². The van der Waals surface area contributed by atoms with Gasteiger partial charge in [-0.2, -0.15) is 0 Å². The Morgan fingerprint density at radius 2 is 1.56 bits per heavy atom. The van der Waals surface area contributed by atoms with Crippen LogP contribution in [0.15, 0.2) is 21.5 Å². The molecule has 1 aromatic rings. The molecule has 13 heteroatoms. The van der Waals surface area contributed by atoms with Gasteiger partial charge in [-0.25, -0.2) is 8.42 Å². The first-order valence-electron chi connectivity index (χ1n) is 7.22. The van der Waals surface area contributed by atoms with Gasteiger partial charge in [-0.3, -0.25) is 20.2 Å². The largest absolute Gasteiger partial charge is 0.360 e. The van der Waals surface area contributed by atoms with E-state index in [1.165, 1.54) is 4.90 Å². The molecule has 1 aromatic carbocycles. The van der Waals surface area contributed by atoms with E-state index in [9.17, 15) is 28.6 Å². The maximum atomic E-state index is 11.8. The van der Waals surface area contributed by atoms with Gasteiger partial charge in [-0.15, -0.1) is 0 Å². The number of anilines is 1. The molecule has 136 valence electrons. The average Bonchev–Trinajstić information content (AvgIpc) is 2.53. The van der Waals surface area contributed by atoms with E-state index in [1.807, 2.05) is 0 Å². The maximum absolute atomic E-state index is 11.8. The summed E-state index contributed by atoms with van der Waals surface area (Å²) in [6, 6.07) is 1.34. The number of azide groups is 1. The molecule has 0 bridgehead atoms. The van der Waals surface area contributed by atoms with E-state index in [1.54, 1.807) is 13.8 Å². The van der Waals surface area contributed by atoms with Gasteiger partial charge in [0.25, 0.3) is 10.0 Å². The smallest absolute Gasteiger partial charge is 0.300 e. The second-order valence-electron chi connectivity index (χ2n) is 4.96. The normalized spacial score (nSPS) is 10.8. The molecule has 0 saturated heterocycles. The van der Waals surface area contributed by atoms with E-state index in [0.29, 0.717) is 38.1 Å². The van der Waals surface area contributed by atoms with Crippen LogP contribution >= 0.6 is 0 Å². The van der Waals surface area contributed by atoms with E-state index < -0.39 is 36.1 Å². The first-order chi connectivity index (χ1) is 11.7. The fourth-order valence-corrected chi connectivity index (χ4v) is 3.01. The third-order valence-corrected chi connectivity index (χ3v) is 4.30. The predicted octanol–water partition coefficient (Wildman–Crippen LogP) is 3.13. The molecule has 25 heavy (non-hydrogen) atoms. The van der Waals surface area contributed by atoms with Gasteiger partial charge in [0.05, 0.1) is 14.7 Å². The Morgan fingerprint density at radius 1 is 1.12 bits per heavy atom. The predicted molar refractivity (Wildman–Crippen MR) is 88.9 cm³/mol. The number of nitrogens with zero attached hydrogens (tertiary/aromatic N) is 6. The van der Waals surface area contributed by atoms with Crippen molar-refractivity contribution in [1.29, 1.82) is 0 Å². The van der Waals surface area contributed by atoms with E-state index in [2.05, 4.69) is 9.43 Å². The fourth-order valence-electron chi connectivity index (χ4n) is 2.30. The topological polar surface area (TPSA) is 172 Å². The molecule has 0 amide bonds. The van der Waals surface area contributed by atoms with Gasteiger partial charge in [0.15, 0.2) is 5.69 Å². The van der Waals surface area contributed by atoms with Crippen molar-refractivity contribution in [2.45, 2.75) is 31.6 Å². The lowest BCUT2D eigenvalue weighted by molar-refractivity contribution is -0.393. The summed E-state index contributed by atoms with van der Waals surface area (Å²) in [7, 11) is -4.61. The van der Waals surface area contributed by atoms with E-state index in [-0.39, 0.29) is 5.69 Å². The Hall–Kier alpha value is -2.92. The highest BCUT2D eigenvalue weighted by atomic mass is 32.2. The highest BCUT2D eigenvalue weighted by Gasteiger charge is 2.33. The van der Waals surface area contributed by atoms with Crippen molar-refractivity contribution in [3.05, 3.63) is 42.8 Å². The van der Waals surface area contributed by atoms with Crippen LogP contribution in [0.2, 0.25) is 0 Å². The number of hydrogen-bond acceptors (Lipinski definition) is 7. The third-order valence-electron chi connectivity index (χ3n) is 3.18. The molecule has 0 aliphatic heterocycles. The first-order valence-corrected chi connectivity index (χ1v) is 8.66. The van der Waals surface area contributed by atoms with Crippen LogP contribution in [0.3, 0.4) is 0 Å². The van der Waals surface area contributed by atoms with Crippen molar-refractivity contribution in [2.75, 3.05) is 18.0 Å². The second kappa shape index (κ2) is 8.26. The average molecular weight is 372 g/mol. The van der Waals surface area contributed by atoms with Crippen molar-refractivity contribution < 1.29 is 18.3 Å². The molecule has 0 aliphatic carbocycles. The lowest BCUT2D eigenvalue weighted by Crippen LogP contribution is -2.26. The number of nitro groups is 2. The Kier molecular flexibility index (Phi) is 6.65. The number of rotatable bonds is 9. The Balaban J connectivity index is 3.85. The summed E-state index contributed by atoms with van der Waals surface area (Å²) >= 11 is 0. The quantitative estimate of drug-likeness (QED) is 0.210. The SMILES string of the molecule is CCCN(CCC)c1c([N+](=O)[O-])cc(S(=O)(=O)N=[N+]=[N-])cc1[N+](=O)[O-]. The number of hydrogen-bond donors (Lipinski definition) is 0. The summed E-state index contributed by atoms with van der Waals surface area (Å²) in [6.45, 7) is 4.25. The van der Waals surface area contributed by atoms with Gasteiger partial charge in [0.2, 0.25) is 0 Å². The molecular formula is C12H16N6O6S. The highest BCUT2D eigenvalue weighted by Crippen LogP contribution is 2.40. The van der Waals surface area contributed by atoms with Crippen LogP contribution in [0.5, 0.6) is 0 Å². The molecule has 0 N–H and O–H groups in total.